The van der Waals surface area contributed by atoms with E-state index in [0.29, 0.717) is 6.04 Å². The zero-order valence-corrected chi connectivity index (χ0v) is 9.59. The van der Waals surface area contributed by atoms with Gasteiger partial charge in [-0.05, 0) is 52.2 Å². The summed E-state index contributed by atoms with van der Waals surface area (Å²) in [4.78, 5) is 7.82. The van der Waals surface area contributed by atoms with Crippen LogP contribution < -0.4 is 5.48 Å². The molecule has 0 aliphatic carbocycles. The Morgan fingerprint density at radius 3 is 2.86 bits per heavy atom. The van der Waals surface area contributed by atoms with Crippen molar-refractivity contribution in [2.24, 2.45) is 0 Å². The third-order valence-electron chi connectivity index (χ3n) is 2.75. The van der Waals surface area contributed by atoms with E-state index in [0.717, 1.165) is 6.61 Å². The average molecular weight is 200 g/mol. The summed E-state index contributed by atoms with van der Waals surface area (Å²) < 4.78 is 0. The lowest BCUT2D eigenvalue weighted by molar-refractivity contribution is 0.0209. The van der Waals surface area contributed by atoms with E-state index in [1.165, 1.54) is 45.3 Å². The van der Waals surface area contributed by atoms with Crippen molar-refractivity contribution in [2.75, 3.05) is 26.2 Å². The Labute approximate surface area is 87.8 Å². The summed E-state index contributed by atoms with van der Waals surface area (Å²) in [5.74, 6) is 0. The molecule has 84 valence electrons. The summed E-state index contributed by atoms with van der Waals surface area (Å²) in [7, 11) is 0. The Hall–Kier alpha value is -0.120. The molecule has 0 aromatic heterocycles. The first-order valence-corrected chi connectivity index (χ1v) is 5.96. The van der Waals surface area contributed by atoms with Crippen molar-refractivity contribution < 1.29 is 4.84 Å². The van der Waals surface area contributed by atoms with Gasteiger partial charge in [-0.1, -0.05) is 6.92 Å². The van der Waals surface area contributed by atoms with E-state index in [2.05, 4.69) is 17.3 Å². The zero-order chi connectivity index (χ0) is 10.2. The lowest BCUT2D eigenvalue weighted by Crippen LogP contribution is -2.31. The van der Waals surface area contributed by atoms with Crippen LogP contribution >= 0.6 is 0 Å². The van der Waals surface area contributed by atoms with Crippen LogP contribution in [0.4, 0.5) is 0 Å². The minimum absolute atomic E-state index is 0.566. The number of likely N-dealkylation sites (tertiary alicyclic amines) is 1. The highest BCUT2D eigenvalue weighted by molar-refractivity contribution is 4.72. The van der Waals surface area contributed by atoms with E-state index >= 15 is 0 Å². The van der Waals surface area contributed by atoms with Crippen molar-refractivity contribution in [1.29, 1.82) is 0 Å². The van der Waals surface area contributed by atoms with Crippen molar-refractivity contribution in [2.45, 2.75) is 45.6 Å². The topological polar surface area (TPSA) is 24.5 Å². The second kappa shape index (κ2) is 7.21. The standard InChI is InChI=1S/C11H24N2O/c1-3-8-13-9-5-6-11(7-10-13)12-14-4-2/h11-12H,3-10H2,1-2H3. The van der Waals surface area contributed by atoms with Crippen LogP contribution in [0.3, 0.4) is 0 Å². The second-order valence-corrected chi connectivity index (χ2v) is 4.02. The molecule has 0 radical (unpaired) electrons. The molecule has 1 fully saturated rings. The van der Waals surface area contributed by atoms with Gasteiger partial charge >= 0.3 is 0 Å². The Morgan fingerprint density at radius 2 is 2.14 bits per heavy atom. The number of hydrogen-bond acceptors (Lipinski definition) is 3. The van der Waals surface area contributed by atoms with Gasteiger partial charge in [-0.25, -0.2) is 0 Å². The molecule has 1 unspecified atom stereocenters. The molecule has 1 rings (SSSR count). The first-order valence-electron chi connectivity index (χ1n) is 5.96. The molecule has 1 heterocycles. The van der Waals surface area contributed by atoms with Gasteiger partial charge in [0.1, 0.15) is 0 Å². The van der Waals surface area contributed by atoms with Crippen molar-refractivity contribution in [3.63, 3.8) is 0 Å². The SMILES string of the molecule is CCCN1CCCC(NOCC)CC1. The molecule has 0 amide bonds. The van der Waals surface area contributed by atoms with Crippen LogP contribution in [0.5, 0.6) is 0 Å². The van der Waals surface area contributed by atoms with Crippen molar-refractivity contribution in [3.8, 4) is 0 Å². The fourth-order valence-corrected chi connectivity index (χ4v) is 2.01. The Balaban J connectivity index is 2.19. The third-order valence-corrected chi connectivity index (χ3v) is 2.75. The molecule has 0 saturated carbocycles. The molecule has 0 aromatic rings. The lowest BCUT2D eigenvalue weighted by Gasteiger charge is -2.19. The zero-order valence-electron chi connectivity index (χ0n) is 9.59. The van der Waals surface area contributed by atoms with Crippen molar-refractivity contribution in [3.05, 3.63) is 0 Å². The average Bonchev–Trinajstić information content (AvgIpc) is 2.41. The minimum atomic E-state index is 0.566. The predicted molar refractivity (Wildman–Crippen MR) is 59.1 cm³/mol. The fraction of sp³-hybridized carbons (Fsp3) is 1.00. The summed E-state index contributed by atoms with van der Waals surface area (Å²) in [5.41, 5.74) is 3.15. The molecule has 1 saturated heterocycles. The Kier molecular flexibility index (Phi) is 6.15. The smallest absolute Gasteiger partial charge is 0.0654 e. The van der Waals surface area contributed by atoms with Crippen LogP contribution in [-0.4, -0.2) is 37.2 Å². The number of hydrogen-bond donors (Lipinski definition) is 1. The van der Waals surface area contributed by atoms with Gasteiger partial charge in [-0.15, -0.1) is 0 Å². The van der Waals surface area contributed by atoms with Gasteiger partial charge in [-0.2, -0.15) is 5.48 Å². The summed E-state index contributed by atoms with van der Waals surface area (Å²) in [6.07, 6.45) is 5.04. The van der Waals surface area contributed by atoms with Gasteiger partial charge in [0, 0.05) is 6.04 Å². The van der Waals surface area contributed by atoms with E-state index in [9.17, 15) is 0 Å². The predicted octanol–water partition coefficient (Wildman–Crippen LogP) is 1.79. The van der Waals surface area contributed by atoms with Crippen LogP contribution in [0, 0.1) is 0 Å². The molecule has 3 nitrogen and oxygen atoms in total. The normalized spacial score (nSPS) is 24.9. The van der Waals surface area contributed by atoms with E-state index < -0.39 is 0 Å². The maximum absolute atomic E-state index is 5.26. The van der Waals surface area contributed by atoms with Crippen LogP contribution in [0.2, 0.25) is 0 Å². The Bertz CT molecular complexity index is 141. The van der Waals surface area contributed by atoms with Crippen molar-refractivity contribution in [1.82, 2.24) is 10.4 Å². The van der Waals surface area contributed by atoms with Gasteiger partial charge in [0.15, 0.2) is 0 Å². The summed E-state index contributed by atoms with van der Waals surface area (Å²) in [6.45, 7) is 8.77. The molecule has 14 heavy (non-hydrogen) atoms. The maximum atomic E-state index is 5.26. The molecule has 0 spiro atoms. The van der Waals surface area contributed by atoms with Crippen LogP contribution in [-0.2, 0) is 4.84 Å². The summed E-state index contributed by atoms with van der Waals surface area (Å²) >= 11 is 0. The van der Waals surface area contributed by atoms with Gasteiger partial charge in [0.05, 0.1) is 6.61 Å². The molecule has 3 heteroatoms. The second-order valence-electron chi connectivity index (χ2n) is 4.02. The molecular weight excluding hydrogens is 176 g/mol. The number of nitrogens with one attached hydrogen (secondary N) is 1. The number of rotatable bonds is 5. The van der Waals surface area contributed by atoms with Gasteiger partial charge < -0.3 is 9.74 Å². The highest BCUT2D eigenvalue weighted by Crippen LogP contribution is 2.11. The van der Waals surface area contributed by atoms with E-state index in [4.69, 9.17) is 4.84 Å². The molecule has 1 N–H and O–H groups in total. The quantitative estimate of drug-likeness (QED) is 0.685. The van der Waals surface area contributed by atoms with E-state index in [-0.39, 0.29) is 0 Å². The van der Waals surface area contributed by atoms with E-state index in [1.54, 1.807) is 0 Å². The highest BCUT2D eigenvalue weighted by Gasteiger charge is 2.15. The highest BCUT2D eigenvalue weighted by atomic mass is 16.6. The summed E-state index contributed by atoms with van der Waals surface area (Å²) in [6, 6.07) is 0.566. The number of hydroxylamine groups is 1. The lowest BCUT2D eigenvalue weighted by atomic mass is 10.1. The first-order chi connectivity index (χ1) is 6.86. The largest absolute Gasteiger partial charge is 0.303 e. The first kappa shape index (κ1) is 12.0. The molecule has 1 atom stereocenters. The Morgan fingerprint density at radius 1 is 1.29 bits per heavy atom. The van der Waals surface area contributed by atoms with E-state index in [1.807, 2.05) is 6.92 Å². The van der Waals surface area contributed by atoms with Crippen LogP contribution in [0.1, 0.15) is 39.5 Å². The molecule has 1 aliphatic rings. The van der Waals surface area contributed by atoms with Gasteiger partial charge in [-0.3, -0.25) is 0 Å². The monoisotopic (exact) mass is 200 g/mol. The molecule has 0 aromatic carbocycles. The fourth-order valence-electron chi connectivity index (χ4n) is 2.01. The third kappa shape index (κ3) is 4.40. The minimum Gasteiger partial charge on any atom is -0.303 e. The van der Waals surface area contributed by atoms with Crippen LogP contribution in [0.25, 0.3) is 0 Å². The van der Waals surface area contributed by atoms with Gasteiger partial charge in [0.2, 0.25) is 0 Å². The number of nitrogens with zero attached hydrogens (tertiary/aromatic N) is 1. The molecule has 0 bridgehead atoms. The van der Waals surface area contributed by atoms with Crippen molar-refractivity contribution >= 4 is 0 Å². The van der Waals surface area contributed by atoms with Gasteiger partial charge in [0.25, 0.3) is 0 Å². The molecule has 1 aliphatic heterocycles. The summed E-state index contributed by atoms with van der Waals surface area (Å²) in [5, 5.41) is 0. The molecular formula is C11H24N2O. The maximum Gasteiger partial charge on any atom is 0.0654 e. The van der Waals surface area contributed by atoms with Crippen LogP contribution in [0.15, 0.2) is 0 Å².